The molecule has 3 aliphatic rings. The minimum absolute atomic E-state index is 0.0102. The van der Waals surface area contributed by atoms with Crippen LogP contribution in [0.4, 0.5) is 0 Å². The van der Waals surface area contributed by atoms with Gasteiger partial charge in [-0.1, -0.05) is 13.8 Å². The number of hydrogen-bond donors (Lipinski definition) is 1. The van der Waals surface area contributed by atoms with Crippen molar-refractivity contribution in [1.29, 1.82) is 0 Å². The molecule has 1 N–H and O–H groups in total. The van der Waals surface area contributed by atoms with E-state index in [1.807, 2.05) is 33.8 Å². The van der Waals surface area contributed by atoms with Gasteiger partial charge >= 0.3 is 0 Å². The van der Waals surface area contributed by atoms with Crippen molar-refractivity contribution < 1.29 is 9.59 Å². The second-order valence-electron chi connectivity index (χ2n) is 9.61. The minimum Gasteiger partial charge on any atom is -0.353 e. The number of carbonyl (C=O) groups is 2. The van der Waals surface area contributed by atoms with Gasteiger partial charge in [-0.2, -0.15) is 0 Å². The summed E-state index contributed by atoms with van der Waals surface area (Å²) in [6, 6.07) is 4.28. The Morgan fingerprint density at radius 1 is 1.24 bits per heavy atom. The van der Waals surface area contributed by atoms with E-state index in [0.717, 1.165) is 50.6 Å². The lowest BCUT2D eigenvalue weighted by Crippen LogP contribution is -2.50. The van der Waals surface area contributed by atoms with Crippen molar-refractivity contribution >= 4 is 17.5 Å². The number of rotatable bonds is 6. The summed E-state index contributed by atoms with van der Waals surface area (Å²) in [5.74, 6) is 0.794. The molecule has 6 nitrogen and oxygen atoms in total. The summed E-state index contributed by atoms with van der Waals surface area (Å²) in [5, 5.41) is 3.28. The van der Waals surface area contributed by atoms with E-state index < -0.39 is 5.41 Å². The third-order valence-corrected chi connectivity index (χ3v) is 7.14. The maximum absolute atomic E-state index is 13.5. The molecule has 29 heavy (non-hydrogen) atoms. The Bertz CT molecular complexity index is 947. The van der Waals surface area contributed by atoms with Crippen molar-refractivity contribution in [1.82, 2.24) is 19.6 Å². The zero-order valence-electron chi connectivity index (χ0n) is 17.3. The quantitative estimate of drug-likeness (QED) is 0.816. The Morgan fingerprint density at radius 3 is 2.83 bits per heavy atom. The van der Waals surface area contributed by atoms with Crippen LogP contribution in [0.15, 0.2) is 30.7 Å². The smallest absolute Gasteiger partial charge is 0.255 e. The molecule has 154 valence electrons. The van der Waals surface area contributed by atoms with Crippen LogP contribution in [0.25, 0.3) is 5.65 Å². The Kier molecular flexibility index (Phi) is 4.41. The first kappa shape index (κ1) is 18.6. The number of aromatic nitrogens is 2. The Balaban J connectivity index is 1.44. The van der Waals surface area contributed by atoms with Crippen LogP contribution in [0.2, 0.25) is 0 Å². The van der Waals surface area contributed by atoms with Gasteiger partial charge < -0.3 is 14.6 Å². The molecule has 2 aromatic rings. The van der Waals surface area contributed by atoms with E-state index in [0.29, 0.717) is 17.5 Å². The zero-order valence-corrected chi connectivity index (χ0v) is 17.3. The van der Waals surface area contributed by atoms with E-state index in [4.69, 9.17) is 0 Å². The van der Waals surface area contributed by atoms with Gasteiger partial charge in [0.25, 0.3) is 5.91 Å². The van der Waals surface area contributed by atoms with Crippen molar-refractivity contribution in [3.8, 4) is 0 Å². The van der Waals surface area contributed by atoms with Gasteiger partial charge in [0.15, 0.2) is 0 Å². The topological polar surface area (TPSA) is 66.7 Å². The van der Waals surface area contributed by atoms with Crippen molar-refractivity contribution in [2.24, 2.45) is 11.3 Å². The SMILES string of the molecule is CC(C)CC[C@]1(C(=O)NC2CC2)C[C@H]2CC[C@@H]1N2C(=O)c1ccc2nccn2c1. The number of pyridine rings is 1. The summed E-state index contributed by atoms with van der Waals surface area (Å²) in [5.41, 5.74) is 1.08. The molecule has 0 aromatic carbocycles. The van der Waals surface area contributed by atoms with Crippen LogP contribution < -0.4 is 5.32 Å². The molecule has 4 heterocycles. The van der Waals surface area contributed by atoms with E-state index in [9.17, 15) is 9.59 Å². The summed E-state index contributed by atoms with van der Waals surface area (Å²) in [4.78, 5) is 33.2. The van der Waals surface area contributed by atoms with E-state index >= 15 is 0 Å². The highest BCUT2D eigenvalue weighted by molar-refractivity contribution is 5.96. The highest BCUT2D eigenvalue weighted by Gasteiger charge is 2.61. The number of imidazole rings is 1. The van der Waals surface area contributed by atoms with Crippen LogP contribution >= 0.6 is 0 Å². The Labute approximate surface area is 171 Å². The molecule has 1 aliphatic carbocycles. The Hall–Kier alpha value is -2.37. The van der Waals surface area contributed by atoms with Gasteiger partial charge in [-0.05, 0) is 63.0 Å². The molecule has 3 fully saturated rings. The van der Waals surface area contributed by atoms with Crippen LogP contribution in [0.1, 0.15) is 69.2 Å². The highest BCUT2D eigenvalue weighted by Crippen LogP contribution is 2.53. The van der Waals surface area contributed by atoms with Crippen molar-refractivity contribution in [3.05, 3.63) is 36.3 Å². The predicted octanol–water partition coefficient (Wildman–Crippen LogP) is 3.41. The number of nitrogens with one attached hydrogen (secondary N) is 1. The average molecular weight is 395 g/mol. The molecule has 5 rings (SSSR count). The molecule has 6 heteroatoms. The monoisotopic (exact) mass is 394 g/mol. The van der Waals surface area contributed by atoms with Gasteiger partial charge in [0.1, 0.15) is 5.65 Å². The van der Waals surface area contributed by atoms with Crippen LogP contribution in [0.3, 0.4) is 0 Å². The standard InChI is InChI=1S/C23H30N4O2/c1-15(2)9-10-23(22(29)25-17-4-5-17)13-18-6-7-19(23)27(18)21(28)16-3-8-20-24-11-12-26(20)14-16/h3,8,11-12,14-15,17-19H,4-7,9-10,13H2,1-2H3,(H,25,29)/t18-,19+,23+/m1/s1. The molecule has 3 atom stereocenters. The molecule has 2 aromatic heterocycles. The second kappa shape index (κ2) is 6.85. The maximum atomic E-state index is 13.5. The van der Waals surface area contributed by atoms with Crippen LogP contribution in [-0.2, 0) is 4.79 Å². The lowest BCUT2D eigenvalue weighted by molar-refractivity contribution is -0.133. The molecule has 2 aliphatic heterocycles. The minimum atomic E-state index is -0.426. The van der Waals surface area contributed by atoms with Gasteiger partial charge in [-0.3, -0.25) is 9.59 Å². The van der Waals surface area contributed by atoms with Gasteiger partial charge in [0, 0.05) is 36.7 Å². The largest absolute Gasteiger partial charge is 0.353 e. The van der Waals surface area contributed by atoms with E-state index in [2.05, 4.69) is 24.1 Å². The van der Waals surface area contributed by atoms with Crippen LogP contribution in [0, 0.1) is 11.3 Å². The molecule has 0 unspecified atom stereocenters. The fourth-order valence-electron chi connectivity index (χ4n) is 5.41. The summed E-state index contributed by atoms with van der Waals surface area (Å²) in [7, 11) is 0. The fourth-order valence-corrected chi connectivity index (χ4v) is 5.41. The first-order valence-corrected chi connectivity index (χ1v) is 11.0. The maximum Gasteiger partial charge on any atom is 0.255 e. The predicted molar refractivity (Wildman–Crippen MR) is 110 cm³/mol. The number of hydrogen-bond acceptors (Lipinski definition) is 3. The summed E-state index contributed by atoms with van der Waals surface area (Å²) >= 11 is 0. The van der Waals surface area contributed by atoms with Crippen molar-refractivity contribution in [2.75, 3.05) is 0 Å². The first-order chi connectivity index (χ1) is 14.0. The third-order valence-electron chi connectivity index (χ3n) is 7.14. The summed E-state index contributed by atoms with van der Waals surface area (Å²) in [6.07, 6.45) is 12.3. The van der Waals surface area contributed by atoms with Crippen LogP contribution in [0.5, 0.6) is 0 Å². The van der Waals surface area contributed by atoms with Gasteiger partial charge in [-0.15, -0.1) is 0 Å². The van der Waals surface area contributed by atoms with Gasteiger partial charge in [0.2, 0.25) is 5.91 Å². The highest BCUT2D eigenvalue weighted by atomic mass is 16.2. The van der Waals surface area contributed by atoms with Gasteiger partial charge in [0.05, 0.1) is 11.0 Å². The van der Waals surface area contributed by atoms with Crippen molar-refractivity contribution in [2.45, 2.75) is 76.9 Å². The zero-order chi connectivity index (χ0) is 20.2. The number of amides is 2. The average Bonchev–Trinajstić information content (AvgIpc) is 3.15. The van der Waals surface area contributed by atoms with Crippen molar-refractivity contribution in [3.63, 3.8) is 0 Å². The van der Waals surface area contributed by atoms with Crippen LogP contribution in [-0.4, -0.2) is 44.2 Å². The molecule has 2 bridgehead atoms. The molecular weight excluding hydrogens is 364 g/mol. The first-order valence-electron chi connectivity index (χ1n) is 11.0. The lowest BCUT2D eigenvalue weighted by Gasteiger charge is -2.36. The molecular formula is C23H30N4O2. The van der Waals surface area contributed by atoms with E-state index in [1.54, 1.807) is 6.20 Å². The second-order valence-corrected chi connectivity index (χ2v) is 9.61. The molecule has 0 spiro atoms. The van der Waals surface area contributed by atoms with Gasteiger partial charge in [-0.25, -0.2) is 4.98 Å². The number of fused-ring (bicyclic) bond motifs is 3. The Morgan fingerprint density at radius 2 is 2.07 bits per heavy atom. The molecule has 1 saturated carbocycles. The summed E-state index contributed by atoms with van der Waals surface area (Å²) < 4.78 is 1.89. The molecule has 2 amide bonds. The summed E-state index contributed by atoms with van der Waals surface area (Å²) in [6.45, 7) is 4.42. The van der Waals surface area contributed by atoms with E-state index in [1.165, 1.54) is 0 Å². The number of nitrogens with zero attached hydrogens (tertiary/aromatic N) is 3. The molecule has 0 radical (unpaired) electrons. The third kappa shape index (κ3) is 3.13. The fraction of sp³-hybridized carbons (Fsp3) is 0.609. The number of carbonyl (C=O) groups excluding carboxylic acids is 2. The van der Waals surface area contributed by atoms with E-state index in [-0.39, 0.29) is 23.9 Å². The normalized spacial score (nSPS) is 28.4. The lowest BCUT2D eigenvalue weighted by atomic mass is 9.69. The molecule has 2 saturated heterocycles.